The molecule has 0 saturated carbocycles. The van der Waals surface area contributed by atoms with Gasteiger partial charge in [-0.2, -0.15) is 0 Å². The monoisotopic (exact) mass is 299 g/mol. The number of pyridine rings is 1. The summed E-state index contributed by atoms with van der Waals surface area (Å²) in [6.45, 7) is 0.367. The number of rotatable bonds is 5. The molecule has 1 atom stereocenters. The van der Waals surface area contributed by atoms with Crippen LogP contribution < -0.4 is 4.72 Å². The highest BCUT2D eigenvalue weighted by molar-refractivity contribution is 7.89. The van der Waals surface area contributed by atoms with Crippen LogP contribution in [0.2, 0.25) is 0 Å². The Morgan fingerprint density at radius 3 is 2.90 bits per heavy atom. The predicted molar refractivity (Wildman–Crippen MR) is 69.5 cm³/mol. The van der Waals surface area contributed by atoms with Gasteiger partial charge in [-0.1, -0.05) is 0 Å². The van der Waals surface area contributed by atoms with Gasteiger partial charge < -0.3 is 15.2 Å². The van der Waals surface area contributed by atoms with Crippen molar-refractivity contribution in [2.75, 3.05) is 6.54 Å². The number of fused-ring (bicyclic) bond motifs is 1. The molecule has 20 heavy (non-hydrogen) atoms. The van der Waals surface area contributed by atoms with Crippen LogP contribution in [0.3, 0.4) is 0 Å². The topological polar surface area (TPSA) is 132 Å². The van der Waals surface area contributed by atoms with Gasteiger partial charge in [-0.25, -0.2) is 22.9 Å². The average Bonchev–Trinajstić information content (AvgIpc) is 2.81. The van der Waals surface area contributed by atoms with Crippen LogP contribution in [0.25, 0.3) is 11.0 Å². The lowest BCUT2D eigenvalue weighted by Crippen LogP contribution is -2.46. The molecule has 0 aliphatic rings. The zero-order chi connectivity index (χ0) is 15.0. The molecule has 2 aromatic rings. The van der Waals surface area contributed by atoms with E-state index >= 15 is 0 Å². The Balaban J connectivity index is 2.30. The molecule has 2 rings (SSSR count). The predicted octanol–water partition coefficient (Wildman–Crippen LogP) is -0.323. The molecule has 0 spiro atoms. The standard InChI is InChI=1S/C11H13N3O5S/c1-11(17,10(15)16)6-14-20(18,19)8-5-13-9-7(8)3-2-4-12-9/h2-5,14,17H,6H2,1H3,(H,12,13)(H,15,16). The maximum Gasteiger partial charge on any atom is 0.336 e. The van der Waals surface area contributed by atoms with Crippen molar-refractivity contribution < 1.29 is 23.4 Å². The molecule has 9 heteroatoms. The van der Waals surface area contributed by atoms with Crippen molar-refractivity contribution >= 4 is 27.0 Å². The first-order valence-electron chi connectivity index (χ1n) is 5.61. The molecule has 0 aliphatic carbocycles. The number of carboxylic acid groups (broad SMARTS) is 1. The Morgan fingerprint density at radius 2 is 2.25 bits per heavy atom. The zero-order valence-corrected chi connectivity index (χ0v) is 11.3. The van der Waals surface area contributed by atoms with Crippen molar-refractivity contribution in [1.82, 2.24) is 14.7 Å². The van der Waals surface area contributed by atoms with E-state index in [-0.39, 0.29) is 4.90 Å². The molecule has 0 aliphatic heterocycles. The number of carbonyl (C=O) groups is 1. The van der Waals surface area contributed by atoms with Crippen LogP contribution >= 0.6 is 0 Å². The molecule has 0 fully saturated rings. The van der Waals surface area contributed by atoms with Crippen molar-refractivity contribution in [3.05, 3.63) is 24.5 Å². The van der Waals surface area contributed by atoms with E-state index in [9.17, 15) is 18.3 Å². The van der Waals surface area contributed by atoms with Gasteiger partial charge in [-0.3, -0.25) is 0 Å². The minimum atomic E-state index is -3.95. The number of carboxylic acids is 1. The number of hydrogen-bond donors (Lipinski definition) is 4. The quantitative estimate of drug-likeness (QED) is 0.598. The zero-order valence-electron chi connectivity index (χ0n) is 10.5. The maximum atomic E-state index is 12.1. The summed E-state index contributed by atoms with van der Waals surface area (Å²) in [5.74, 6) is -1.51. The maximum absolute atomic E-state index is 12.1. The molecule has 2 aromatic heterocycles. The number of aliphatic hydroxyl groups is 1. The summed E-state index contributed by atoms with van der Waals surface area (Å²) in [4.78, 5) is 17.3. The van der Waals surface area contributed by atoms with E-state index in [1.54, 1.807) is 12.1 Å². The van der Waals surface area contributed by atoms with Gasteiger partial charge in [0.05, 0.1) is 6.54 Å². The molecule has 1 unspecified atom stereocenters. The third-order valence-corrected chi connectivity index (χ3v) is 4.21. The third-order valence-electron chi connectivity index (χ3n) is 2.77. The fourth-order valence-electron chi connectivity index (χ4n) is 1.54. The first kappa shape index (κ1) is 14.4. The normalized spacial score (nSPS) is 15.1. The van der Waals surface area contributed by atoms with E-state index < -0.39 is 28.1 Å². The van der Waals surface area contributed by atoms with Crippen molar-refractivity contribution in [2.45, 2.75) is 17.4 Å². The van der Waals surface area contributed by atoms with E-state index in [0.29, 0.717) is 11.0 Å². The summed E-state index contributed by atoms with van der Waals surface area (Å²) in [6, 6.07) is 3.16. The fraction of sp³-hybridized carbons (Fsp3) is 0.273. The van der Waals surface area contributed by atoms with Crippen LogP contribution in [0, 0.1) is 0 Å². The molecule has 0 aromatic carbocycles. The van der Waals surface area contributed by atoms with Gasteiger partial charge in [-0.05, 0) is 19.1 Å². The third kappa shape index (κ3) is 2.64. The van der Waals surface area contributed by atoms with Crippen LogP contribution in [0.5, 0.6) is 0 Å². The lowest BCUT2D eigenvalue weighted by molar-refractivity contribution is -0.155. The number of aromatic nitrogens is 2. The minimum absolute atomic E-state index is 0.0539. The fourth-order valence-corrected chi connectivity index (χ4v) is 2.84. The molecule has 108 valence electrons. The molecule has 0 saturated heterocycles. The van der Waals surface area contributed by atoms with E-state index in [4.69, 9.17) is 5.11 Å². The summed E-state index contributed by atoms with van der Waals surface area (Å²) < 4.78 is 26.3. The van der Waals surface area contributed by atoms with Gasteiger partial charge >= 0.3 is 5.97 Å². The van der Waals surface area contributed by atoms with Gasteiger partial charge in [0.1, 0.15) is 10.5 Å². The van der Waals surface area contributed by atoms with E-state index in [0.717, 1.165) is 6.92 Å². The van der Waals surface area contributed by atoms with Crippen LogP contribution in [-0.4, -0.2) is 46.7 Å². The average molecular weight is 299 g/mol. The molecular weight excluding hydrogens is 286 g/mol. The lowest BCUT2D eigenvalue weighted by Gasteiger charge is -2.18. The largest absolute Gasteiger partial charge is 0.479 e. The molecule has 2 heterocycles. The lowest BCUT2D eigenvalue weighted by atomic mass is 10.1. The van der Waals surface area contributed by atoms with E-state index in [2.05, 4.69) is 14.7 Å². The van der Waals surface area contributed by atoms with Crippen molar-refractivity contribution in [3.63, 3.8) is 0 Å². The summed E-state index contributed by atoms with van der Waals surface area (Å²) in [5.41, 5.74) is -1.78. The second-order valence-corrected chi connectivity index (χ2v) is 6.19. The van der Waals surface area contributed by atoms with Crippen molar-refractivity contribution in [1.29, 1.82) is 0 Å². The van der Waals surface area contributed by atoms with Crippen LogP contribution in [0.1, 0.15) is 6.92 Å². The molecule has 4 N–H and O–H groups in total. The Labute approximate surface area is 114 Å². The van der Waals surface area contributed by atoms with Gasteiger partial charge in [-0.15, -0.1) is 0 Å². The number of H-pyrrole nitrogens is 1. The van der Waals surface area contributed by atoms with E-state index in [1.165, 1.54) is 12.4 Å². The molecule has 0 radical (unpaired) electrons. The first-order valence-corrected chi connectivity index (χ1v) is 7.10. The number of nitrogens with one attached hydrogen (secondary N) is 2. The Hall–Kier alpha value is -1.97. The first-order chi connectivity index (χ1) is 9.24. The highest BCUT2D eigenvalue weighted by Crippen LogP contribution is 2.20. The Kier molecular flexibility index (Phi) is 3.50. The molecule has 0 amide bonds. The highest BCUT2D eigenvalue weighted by atomic mass is 32.2. The Bertz CT molecular complexity index is 750. The summed E-state index contributed by atoms with van der Waals surface area (Å²) >= 11 is 0. The van der Waals surface area contributed by atoms with Gasteiger partial charge in [0.25, 0.3) is 0 Å². The second kappa shape index (κ2) is 4.85. The molecule has 8 nitrogen and oxygen atoms in total. The van der Waals surface area contributed by atoms with Crippen LogP contribution in [0.15, 0.2) is 29.4 Å². The minimum Gasteiger partial charge on any atom is -0.479 e. The summed E-state index contributed by atoms with van der Waals surface area (Å²) in [5, 5.41) is 18.6. The smallest absolute Gasteiger partial charge is 0.336 e. The Morgan fingerprint density at radius 1 is 1.55 bits per heavy atom. The van der Waals surface area contributed by atoms with Crippen molar-refractivity contribution in [3.8, 4) is 0 Å². The number of nitrogens with zero attached hydrogens (tertiary/aromatic N) is 1. The van der Waals surface area contributed by atoms with Crippen LogP contribution in [0.4, 0.5) is 0 Å². The highest BCUT2D eigenvalue weighted by Gasteiger charge is 2.32. The van der Waals surface area contributed by atoms with Crippen molar-refractivity contribution in [2.24, 2.45) is 0 Å². The van der Waals surface area contributed by atoms with Crippen LogP contribution in [-0.2, 0) is 14.8 Å². The van der Waals surface area contributed by atoms with Gasteiger partial charge in [0.2, 0.25) is 10.0 Å². The summed E-state index contributed by atoms with van der Waals surface area (Å²) in [6.07, 6.45) is 2.77. The second-order valence-electron chi connectivity index (χ2n) is 4.46. The van der Waals surface area contributed by atoms with Gasteiger partial charge in [0.15, 0.2) is 5.60 Å². The number of sulfonamides is 1. The number of aromatic amines is 1. The number of aliphatic carboxylic acids is 1. The number of hydrogen-bond acceptors (Lipinski definition) is 5. The molecule has 0 bridgehead atoms. The summed E-state index contributed by atoms with van der Waals surface area (Å²) in [7, 11) is -3.95. The molecular formula is C11H13N3O5S. The van der Waals surface area contributed by atoms with E-state index in [1.807, 2.05) is 0 Å². The SMILES string of the molecule is CC(O)(CNS(=O)(=O)c1c[nH]c2ncccc12)C(=O)O. The van der Waals surface area contributed by atoms with Gasteiger partial charge in [0, 0.05) is 17.8 Å².